The minimum absolute atomic E-state index is 0.765. The first-order valence-corrected chi connectivity index (χ1v) is 9.80. The van der Waals surface area contributed by atoms with Crippen molar-refractivity contribution in [3.05, 3.63) is 45.5 Å². The molecule has 0 aromatic heterocycles. The Kier molecular flexibility index (Phi) is 6.75. The maximum absolute atomic E-state index is 6.01. The fourth-order valence-corrected chi connectivity index (χ4v) is 3.53. The van der Waals surface area contributed by atoms with Gasteiger partial charge in [-0.05, 0) is 111 Å². The minimum atomic E-state index is 0.765. The highest BCUT2D eigenvalue weighted by molar-refractivity contribution is 5.77. The fraction of sp³-hybridized carbons (Fsp3) is 0.500. The zero-order valence-corrected chi connectivity index (χ0v) is 17.8. The van der Waals surface area contributed by atoms with Crippen molar-refractivity contribution in [2.45, 2.75) is 68.2 Å². The summed E-state index contributed by atoms with van der Waals surface area (Å²) in [4.78, 5) is 0. The van der Waals surface area contributed by atoms with Crippen molar-refractivity contribution in [2.24, 2.45) is 0 Å². The van der Waals surface area contributed by atoms with Gasteiger partial charge >= 0.3 is 0 Å². The molecule has 142 valence electrons. The first kappa shape index (κ1) is 20.4. The summed E-state index contributed by atoms with van der Waals surface area (Å²) in [7, 11) is 0. The van der Waals surface area contributed by atoms with E-state index in [0.29, 0.717) is 0 Å². The molecular formula is C24H34O2. The van der Waals surface area contributed by atoms with Gasteiger partial charge in [-0.15, -0.1) is 0 Å². The van der Waals surface area contributed by atoms with Gasteiger partial charge in [-0.25, -0.2) is 0 Å². The highest BCUT2D eigenvalue weighted by Gasteiger charge is 2.17. The summed E-state index contributed by atoms with van der Waals surface area (Å²) in [6.07, 6.45) is 2.05. The second-order valence-corrected chi connectivity index (χ2v) is 7.34. The molecule has 0 saturated heterocycles. The van der Waals surface area contributed by atoms with Crippen LogP contribution in [0.5, 0.6) is 11.5 Å². The monoisotopic (exact) mass is 354 g/mol. The van der Waals surface area contributed by atoms with E-state index in [2.05, 4.69) is 67.5 Å². The smallest absolute Gasteiger partial charge is 0.125 e. The summed E-state index contributed by atoms with van der Waals surface area (Å²) in [6, 6.07) is 4.56. The van der Waals surface area contributed by atoms with Crippen molar-refractivity contribution in [3.63, 3.8) is 0 Å². The van der Waals surface area contributed by atoms with Gasteiger partial charge in [-0.1, -0.05) is 13.8 Å². The van der Waals surface area contributed by atoms with Gasteiger partial charge in [-0.3, -0.25) is 0 Å². The number of ether oxygens (including phenoxy) is 2. The lowest BCUT2D eigenvalue weighted by Gasteiger charge is -2.21. The predicted octanol–water partition coefficient (Wildman–Crippen LogP) is 6.78. The van der Waals surface area contributed by atoms with Crippen molar-refractivity contribution < 1.29 is 9.47 Å². The summed E-state index contributed by atoms with van der Waals surface area (Å²) in [6.45, 7) is 18.9. The molecule has 2 aromatic carbocycles. The van der Waals surface area contributed by atoms with E-state index in [1.54, 1.807) is 0 Å². The van der Waals surface area contributed by atoms with Crippen molar-refractivity contribution in [1.82, 2.24) is 0 Å². The van der Waals surface area contributed by atoms with Gasteiger partial charge in [0.25, 0.3) is 0 Å². The van der Waals surface area contributed by atoms with E-state index in [1.165, 1.54) is 44.5 Å². The van der Waals surface area contributed by atoms with Crippen LogP contribution in [0, 0.1) is 41.5 Å². The standard InChI is InChI=1S/C24H34O2/c1-9-11-25-23-15(3)13-21(17(5)19(23)7)22-14-16(4)24(26-12-10-2)20(8)18(22)6/h13-14H,9-12H2,1-8H3. The van der Waals surface area contributed by atoms with Crippen LogP contribution >= 0.6 is 0 Å². The van der Waals surface area contributed by atoms with Crippen molar-refractivity contribution in [2.75, 3.05) is 13.2 Å². The molecule has 2 aromatic rings. The Morgan fingerprint density at radius 1 is 0.577 bits per heavy atom. The van der Waals surface area contributed by atoms with E-state index in [0.717, 1.165) is 37.6 Å². The van der Waals surface area contributed by atoms with Crippen LogP contribution in [0.15, 0.2) is 12.1 Å². The third-order valence-corrected chi connectivity index (χ3v) is 5.24. The van der Waals surface area contributed by atoms with Crippen LogP contribution in [0.4, 0.5) is 0 Å². The Balaban J connectivity index is 2.58. The molecule has 0 spiro atoms. The molecule has 0 unspecified atom stereocenters. The van der Waals surface area contributed by atoms with Gasteiger partial charge in [0, 0.05) is 0 Å². The molecule has 0 saturated carbocycles. The lowest BCUT2D eigenvalue weighted by atomic mass is 9.88. The molecule has 0 fully saturated rings. The fourth-order valence-electron chi connectivity index (χ4n) is 3.53. The van der Waals surface area contributed by atoms with Gasteiger partial charge in [0.2, 0.25) is 0 Å². The minimum Gasteiger partial charge on any atom is -0.493 e. The average Bonchev–Trinajstić information content (AvgIpc) is 2.61. The van der Waals surface area contributed by atoms with E-state index in [-0.39, 0.29) is 0 Å². The average molecular weight is 355 g/mol. The largest absolute Gasteiger partial charge is 0.493 e. The lowest BCUT2D eigenvalue weighted by Crippen LogP contribution is -2.04. The zero-order valence-electron chi connectivity index (χ0n) is 17.8. The summed E-state index contributed by atoms with van der Waals surface area (Å²) in [5.41, 5.74) is 10.1. The van der Waals surface area contributed by atoms with Gasteiger partial charge in [0.15, 0.2) is 0 Å². The molecule has 2 nitrogen and oxygen atoms in total. The number of hydrogen-bond donors (Lipinski definition) is 0. The molecule has 0 bridgehead atoms. The molecule has 0 N–H and O–H groups in total. The maximum atomic E-state index is 6.01. The lowest BCUT2D eigenvalue weighted by molar-refractivity contribution is 0.313. The normalized spacial score (nSPS) is 10.9. The number of rotatable bonds is 7. The zero-order chi connectivity index (χ0) is 19.4. The van der Waals surface area contributed by atoms with Crippen molar-refractivity contribution in [3.8, 4) is 22.6 Å². The first-order valence-electron chi connectivity index (χ1n) is 9.80. The SMILES string of the molecule is CCCOc1c(C)cc(-c2cc(C)c(OCCC)c(C)c2C)c(C)c1C. The Morgan fingerprint density at radius 2 is 0.923 bits per heavy atom. The third-order valence-electron chi connectivity index (χ3n) is 5.24. The van der Waals surface area contributed by atoms with Gasteiger partial charge in [-0.2, -0.15) is 0 Å². The van der Waals surface area contributed by atoms with E-state index in [9.17, 15) is 0 Å². The molecule has 2 rings (SSSR count). The van der Waals surface area contributed by atoms with Crippen molar-refractivity contribution >= 4 is 0 Å². The number of aryl methyl sites for hydroxylation is 2. The van der Waals surface area contributed by atoms with E-state index in [4.69, 9.17) is 9.47 Å². The highest BCUT2D eigenvalue weighted by Crippen LogP contribution is 2.39. The first-order chi connectivity index (χ1) is 12.3. The molecular weight excluding hydrogens is 320 g/mol. The van der Waals surface area contributed by atoms with E-state index >= 15 is 0 Å². The molecule has 0 aliphatic carbocycles. The second-order valence-electron chi connectivity index (χ2n) is 7.34. The summed E-state index contributed by atoms with van der Waals surface area (Å²) >= 11 is 0. The Hall–Kier alpha value is -1.96. The maximum Gasteiger partial charge on any atom is 0.125 e. The van der Waals surface area contributed by atoms with Crippen LogP contribution < -0.4 is 9.47 Å². The summed E-state index contributed by atoms with van der Waals surface area (Å²) in [5, 5.41) is 0. The van der Waals surface area contributed by atoms with E-state index < -0.39 is 0 Å². The third kappa shape index (κ3) is 3.90. The van der Waals surface area contributed by atoms with Gasteiger partial charge < -0.3 is 9.47 Å². The predicted molar refractivity (Wildman–Crippen MR) is 112 cm³/mol. The molecule has 0 heterocycles. The molecule has 0 amide bonds. The summed E-state index contributed by atoms with van der Waals surface area (Å²) in [5.74, 6) is 2.09. The van der Waals surface area contributed by atoms with E-state index in [1.807, 2.05) is 0 Å². The molecule has 0 aliphatic heterocycles. The molecule has 2 heteroatoms. The molecule has 0 aliphatic rings. The Labute approximate surface area is 159 Å². The number of hydrogen-bond acceptors (Lipinski definition) is 2. The quantitative estimate of drug-likeness (QED) is 0.545. The molecule has 0 radical (unpaired) electrons. The van der Waals surface area contributed by atoms with Crippen LogP contribution in [0.3, 0.4) is 0 Å². The van der Waals surface area contributed by atoms with Crippen LogP contribution in [-0.2, 0) is 0 Å². The van der Waals surface area contributed by atoms with Gasteiger partial charge in [0.1, 0.15) is 11.5 Å². The van der Waals surface area contributed by atoms with Crippen LogP contribution in [0.1, 0.15) is 60.1 Å². The van der Waals surface area contributed by atoms with Gasteiger partial charge in [0.05, 0.1) is 13.2 Å². The molecule has 0 atom stereocenters. The van der Waals surface area contributed by atoms with Crippen LogP contribution in [-0.4, -0.2) is 13.2 Å². The Bertz CT molecular complexity index is 720. The van der Waals surface area contributed by atoms with Crippen LogP contribution in [0.2, 0.25) is 0 Å². The highest BCUT2D eigenvalue weighted by atomic mass is 16.5. The molecule has 26 heavy (non-hydrogen) atoms. The summed E-state index contributed by atoms with van der Waals surface area (Å²) < 4.78 is 12.0. The Morgan fingerprint density at radius 3 is 1.23 bits per heavy atom. The van der Waals surface area contributed by atoms with Crippen molar-refractivity contribution in [1.29, 1.82) is 0 Å². The topological polar surface area (TPSA) is 18.5 Å². The number of benzene rings is 2. The second kappa shape index (κ2) is 8.62. The van der Waals surface area contributed by atoms with Crippen LogP contribution in [0.25, 0.3) is 11.1 Å².